The van der Waals surface area contributed by atoms with E-state index in [4.69, 9.17) is 4.74 Å². The van der Waals surface area contributed by atoms with Gasteiger partial charge in [0.25, 0.3) is 6.43 Å². The predicted molar refractivity (Wildman–Crippen MR) is 117 cm³/mol. The van der Waals surface area contributed by atoms with Crippen molar-refractivity contribution >= 4 is 34.1 Å². The van der Waals surface area contributed by atoms with Crippen molar-refractivity contribution in [3.63, 3.8) is 0 Å². The van der Waals surface area contributed by atoms with Crippen LogP contribution < -0.4 is 10.2 Å². The summed E-state index contributed by atoms with van der Waals surface area (Å²) in [6.45, 7) is 2.70. The van der Waals surface area contributed by atoms with Crippen molar-refractivity contribution in [2.45, 2.75) is 25.8 Å². The van der Waals surface area contributed by atoms with Crippen molar-refractivity contribution in [2.75, 3.05) is 30.0 Å². The van der Waals surface area contributed by atoms with Gasteiger partial charge in [0.15, 0.2) is 11.3 Å². The fraction of sp³-hybridized carbons (Fsp3) is 0.318. The number of nitrogens with zero attached hydrogens (tertiary/aromatic N) is 6. The number of ether oxygens (including phenoxy) is 1. The Morgan fingerprint density at radius 2 is 1.97 bits per heavy atom. The van der Waals surface area contributed by atoms with Crippen LogP contribution in [0.15, 0.2) is 36.9 Å². The Morgan fingerprint density at radius 3 is 2.79 bits per heavy atom. The van der Waals surface area contributed by atoms with Crippen LogP contribution in [0, 0.1) is 5.82 Å². The summed E-state index contributed by atoms with van der Waals surface area (Å²) >= 11 is 0. The highest BCUT2D eigenvalue weighted by Gasteiger charge is 2.25. The number of rotatable bonds is 5. The molecule has 4 aromatic rings. The van der Waals surface area contributed by atoms with Crippen LogP contribution in [-0.4, -0.2) is 50.2 Å². The molecule has 4 heterocycles. The van der Waals surface area contributed by atoms with E-state index in [1.807, 2.05) is 0 Å². The predicted octanol–water partition coefficient (Wildman–Crippen LogP) is 3.68. The number of fused-ring (bicyclic) bond motifs is 3. The average Bonchev–Trinajstić information content (AvgIpc) is 3.22. The van der Waals surface area contributed by atoms with Gasteiger partial charge in [0.2, 0.25) is 5.91 Å². The van der Waals surface area contributed by atoms with E-state index in [2.05, 4.69) is 25.5 Å². The van der Waals surface area contributed by atoms with Crippen LogP contribution in [0.25, 0.3) is 16.7 Å². The van der Waals surface area contributed by atoms with Gasteiger partial charge in [-0.2, -0.15) is 0 Å². The second-order valence-electron chi connectivity index (χ2n) is 7.84. The van der Waals surface area contributed by atoms with Crippen LogP contribution in [0.4, 0.5) is 24.7 Å². The van der Waals surface area contributed by atoms with Crippen molar-refractivity contribution in [3.8, 4) is 0 Å². The third-order valence-corrected chi connectivity index (χ3v) is 5.77. The standard InChI is InChI=1S/C22H20F3N7O2/c1-12(13-3-2-4-14(18(13)23)19(24)25)29-20-15-9-16(31-6-8-34-7-5-17(31)33)22-30-28-11-32(22)21(15)27-10-26-20/h2-4,9-12,19H,5-8H2,1H3,(H,26,27,29)/t12-/m1/s1. The summed E-state index contributed by atoms with van der Waals surface area (Å²) in [7, 11) is 0. The molecule has 3 aromatic heterocycles. The second kappa shape index (κ2) is 8.86. The molecule has 0 unspecified atom stereocenters. The molecule has 1 aliphatic heterocycles. The van der Waals surface area contributed by atoms with Crippen molar-refractivity contribution in [2.24, 2.45) is 0 Å². The van der Waals surface area contributed by atoms with Crippen LogP contribution >= 0.6 is 0 Å². The van der Waals surface area contributed by atoms with Gasteiger partial charge in [0.1, 0.15) is 24.3 Å². The van der Waals surface area contributed by atoms with Crippen LogP contribution in [0.5, 0.6) is 0 Å². The number of pyridine rings is 1. The van der Waals surface area contributed by atoms with Gasteiger partial charge in [0, 0.05) is 12.1 Å². The fourth-order valence-electron chi connectivity index (χ4n) is 4.08. The highest BCUT2D eigenvalue weighted by atomic mass is 19.3. The van der Waals surface area contributed by atoms with E-state index in [9.17, 15) is 18.0 Å². The number of halogens is 3. The molecular formula is C22H20F3N7O2. The van der Waals surface area contributed by atoms with Crippen LogP contribution in [0.1, 0.15) is 36.9 Å². The van der Waals surface area contributed by atoms with Gasteiger partial charge in [-0.15, -0.1) is 10.2 Å². The summed E-state index contributed by atoms with van der Waals surface area (Å²) in [5.41, 5.74) is 0.839. The maximum Gasteiger partial charge on any atom is 0.266 e. The maximum absolute atomic E-state index is 14.7. The van der Waals surface area contributed by atoms with Crippen molar-refractivity contribution in [3.05, 3.63) is 53.9 Å². The molecule has 1 N–H and O–H groups in total. The van der Waals surface area contributed by atoms with Gasteiger partial charge < -0.3 is 15.0 Å². The van der Waals surface area contributed by atoms with E-state index >= 15 is 0 Å². The van der Waals surface area contributed by atoms with Crippen molar-refractivity contribution in [1.82, 2.24) is 24.6 Å². The molecule has 0 saturated carbocycles. The van der Waals surface area contributed by atoms with Gasteiger partial charge in [0.05, 0.1) is 42.3 Å². The number of hydrogen-bond acceptors (Lipinski definition) is 7. The number of anilines is 2. The van der Waals surface area contributed by atoms with E-state index in [0.29, 0.717) is 47.9 Å². The van der Waals surface area contributed by atoms with Crippen LogP contribution in [0.3, 0.4) is 0 Å². The number of carbonyl (C=O) groups excluding carboxylic acids is 1. The number of nitrogens with one attached hydrogen (secondary N) is 1. The summed E-state index contributed by atoms with van der Waals surface area (Å²) in [6, 6.07) is 4.94. The second-order valence-corrected chi connectivity index (χ2v) is 7.84. The maximum atomic E-state index is 14.7. The minimum absolute atomic E-state index is 0.0787. The van der Waals surface area contributed by atoms with E-state index in [0.717, 1.165) is 6.07 Å². The van der Waals surface area contributed by atoms with Crippen LogP contribution in [-0.2, 0) is 9.53 Å². The first-order valence-electron chi connectivity index (χ1n) is 10.6. The highest BCUT2D eigenvalue weighted by Crippen LogP contribution is 2.33. The molecule has 12 heteroatoms. The monoisotopic (exact) mass is 471 g/mol. The first-order valence-corrected chi connectivity index (χ1v) is 10.6. The first kappa shape index (κ1) is 22.0. The molecule has 1 fully saturated rings. The molecule has 176 valence electrons. The minimum atomic E-state index is -2.92. The Labute approximate surface area is 191 Å². The number of carbonyl (C=O) groups is 1. The molecule has 0 aliphatic carbocycles. The lowest BCUT2D eigenvalue weighted by Gasteiger charge is -2.22. The molecule has 1 atom stereocenters. The van der Waals surface area contributed by atoms with E-state index < -0.39 is 23.8 Å². The summed E-state index contributed by atoms with van der Waals surface area (Å²) in [5.74, 6) is -0.741. The normalized spacial score (nSPS) is 15.8. The SMILES string of the molecule is C[C@@H](Nc1ncnc2c1cc(N1CCOCCC1=O)c1nncn12)c1cccc(C(F)F)c1F. The molecule has 1 amide bonds. The van der Waals surface area contributed by atoms with Gasteiger partial charge in [-0.1, -0.05) is 18.2 Å². The smallest absolute Gasteiger partial charge is 0.266 e. The Balaban J connectivity index is 1.60. The molecule has 5 rings (SSSR count). The van der Waals surface area contributed by atoms with Crippen molar-refractivity contribution < 1.29 is 22.7 Å². The molecular weight excluding hydrogens is 451 g/mol. The van der Waals surface area contributed by atoms with Gasteiger partial charge >= 0.3 is 0 Å². The lowest BCUT2D eigenvalue weighted by atomic mass is 10.0. The number of benzene rings is 1. The molecule has 1 aliphatic rings. The first-order chi connectivity index (χ1) is 16.5. The van der Waals surface area contributed by atoms with E-state index in [1.54, 1.807) is 22.3 Å². The fourth-order valence-corrected chi connectivity index (χ4v) is 4.08. The summed E-state index contributed by atoms with van der Waals surface area (Å²) in [6.07, 6.45) is 0.108. The lowest BCUT2D eigenvalue weighted by molar-refractivity contribution is -0.118. The van der Waals surface area contributed by atoms with E-state index in [1.165, 1.54) is 24.8 Å². The van der Waals surface area contributed by atoms with Crippen molar-refractivity contribution in [1.29, 1.82) is 0 Å². The molecule has 34 heavy (non-hydrogen) atoms. The lowest BCUT2D eigenvalue weighted by Crippen LogP contribution is -2.32. The van der Waals surface area contributed by atoms with Gasteiger partial charge in [-0.05, 0) is 13.0 Å². The Kier molecular flexibility index (Phi) is 5.74. The minimum Gasteiger partial charge on any atom is -0.379 e. The average molecular weight is 471 g/mol. The zero-order chi connectivity index (χ0) is 23.8. The zero-order valence-electron chi connectivity index (χ0n) is 18.1. The number of alkyl halides is 2. The third-order valence-electron chi connectivity index (χ3n) is 5.77. The van der Waals surface area contributed by atoms with Crippen LogP contribution in [0.2, 0.25) is 0 Å². The highest BCUT2D eigenvalue weighted by molar-refractivity contribution is 6.01. The summed E-state index contributed by atoms with van der Waals surface area (Å²) in [5, 5.41) is 11.8. The molecule has 1 aromatic carbocycles. The summed E-state index contributed by atoms with van der Waals surface area (Å²) in [4.78, 5) is 22.9. The molecule has 1 saturated heterocycles. The Bertz CT molecular complexity index is 1380. The number of amides is 1. The summed E-state index contributed by atoms with van der Waals surface area (Å²) < 4.78 is 48.1. The molecule has 0 bridgehead atoms. The molecule has 9 nitrogen and oxygen atoms in total. The Hall–Kier alpha value is -3.80. The topological polar surface area (TPSA) is 97.5 Å². The molecule has 0 spiro atoms. The van der Waals surface area contributed by atoms with Gasteiger partial charge in [-0.3, -0.25) is 9.20 Å². The number of hydrogen-bond donors (Lipinski definition) is 1. The molecule has 0 radical (unpaired) electrons. The van der Waals surface area contributed by atoms with Gasteiger partial charge in [-0.25, -0.2) is 23.1 Å². The third kappa shape index (κ3) is 3.79. The van der Waals surface area contributed by atoms with E-state index in [-0.39, 0.29) is 17.9 Å². The largest absolute Gasteiger partial charge is 0.379 e. The number of aromatic nitrogens is 5. The Morgan fingerprint density at radius 1 is 1.15 bits per heavy atom. The zero-order valence-corrected chi connectivity index (χ0v) is 18.1. The quantitative estimate of drug-likeness (QED) is 0.474.